The molecule has 1 saturated heterocycles. The average molecular weight is 408 g/mol. The summed E-state index contributed by atoms with van der Waals surface area (Å²) in [6.45, 7) is 3.58. The lowest BCUT2D eigenvalue weighted by Gasteiger charge is -2.37. The molecule has 1 aliphatic rings. The minimum Gasteiger partial charge on any atom is -0.481 e. The van der Waals surface area contributed by atoms with Crippen LogP contribution in [0.25, 0.3) is 0 Å². The van der Waals surface area contributed by atoms with Crippen molar-refractivity contribution in [2.24, 2.45) is 5.92 Å². The lowest BCUT2D eigenvalue weighted by molar-refractivity contribution is -0.143. The fourth-order valence-corrected chi connectivity index (χ4v) is 5.01. The predicted octanol–water partition coefficient (Wildman–Crippen LogP) is 5.73. The second-order valence-corrected chi connectivity index (χ2v) is 8.83. The molecule has 2 unspecified atom stereocenters. The van der Waals surface area contributed by atoms with E-state index in [1.807, 2.05) is 42.5 Å². The molecule has 1 aliphatic heterocycles. The van der Waals surface area contributed by atoms with E-state index in [1.165, 1.54) is 9.75 Å². The van der Waals surface area contributed by atoms with Gasteiger partial charge in [-0.3, -0.25) is 9.69 Å². The van der Waals surface area contributed by atoms with Crippen molar-refractivity contribution in [3.8, 4) is 11.5 Å². The number of aryl methyl sites for hydroxylation is 1. The van der Waals surface area contributed by atoms with Gasteiger partial charge >= 0.3 is 5.97 Å². The maximum atomic E-state index is 11.6. The number of rotatable bonds is 6. The second-order valence-electron chi connectivity index (χ2n) is 7.51. The number of likely N-dealkylation sites (tertiary alicyclic amines) is 1. The van der Waals surface area contributed by atoms with Crippen LogP contribution < -0.4 is 4.74 Å². The number of piperidine rings is 1. The van der Waals surface area contributed by atoms with E-state index >= 15 is 0 Å². The minimum atomic E-state index is -0.697. The van der Waals surface area contributed by atoms with Gasteiger partial charge in [-0.05, 0) is 68.3 Å². The molecule has 0 saturated carbocycles. The van der Waals surface area contributed by atoms with Crippen LogP contribution in [0.5, 0.6) is 11.5 Å². The Morgan fingerprint density at radius 3 is 2.62 bits per heavy atom. The molecule has 0 bridgehead atoms. The minimum absolute atomic E-state index is 0.0372. The number of hydrogen-bond donors (Lipinski definition) is 1. The highest BCUT2D eigenvalue weighted by atomic mass is 32.1. The van der Waals surface area contributed by atoms with Crippen molar-refractivity contribution >= 4 is 17.3 Å². The van der Waals surface area contributed by atoms with E-state index in [4.69, 9.17) is 4.74 Å². The first-order valence-corrected chi connectivity index (χ1v) is 10.8. The van der Waals surface area contributed by atoms with E-state index in [9.17, 15) is 9.90 Å². The molecule has 0 amide bonds. The number of hydrogen-bond acceptors (Lipinski definition) is 4. The molecule has 1 aromatic heterocycles. The number of nitrogens with zero attached hydrogens (tertiary/aromatic N) is 1. The zero-order chi connectivity index (χ0) is 20.2. The quantitative estimate of drug-likeness (QED) is 0.566. The number of aliphatic carboxylic acids is 1. The molecule has 1 N–H and O–H groups in total. The van der Waals surface area contributed by atoms with Crippen LogP contribution in [0.1, 0.15) is 34.2 Å². The summed E-state index contributed by atoms with van der Waals surface area (Å²) >= 11 is 1.77. The highest BCUT2D eigenvalue weighted by Crippen LogP contribution is 2.37. The molecule has 150 valence electrons. The third-order valence-electron chi connectivity index (χ3n) is 5.35. The Morgan fingerprint density at radius 2 is 1.90 bits per heavy atom. The van der Waals surface area contributed by atoms with Crippen LogP contribution in [0.2, 0.25) is 0 Å². The van der Waals surface area contributed by atoms with Crippen molar-refractivity contribution in [2.45, 2.75) is 25.8 Å². The van der Waals surface area contributed by atoms with Gasteiger partial charge in [0.25, 0.3) is 0 Å². The number of carboxylic acids is 1. The van der Waals surface area contributed by atoms with Gasteiger partial charge in [-0.2, -0.15) is 0 Å². The summed E-state index contributed by atoms with van der Waals surface area (Å²) in [7, 11) is 0. The highest BCUT2D eigenvalue weighted by Gasteiger charge is 2.32. The molecule has 0 spiro atoms. The van der Waals surface area contributed by atoms with Gasteiger partial charge in [-0.25, -0.2) is 0 Å². The van der Waals surface area contributed by atoms with E-state index in [2.05, 4.69) is 36.1 Å². The Labute approximate surface area is 175 Å². The molecule has 4 rings (SSSR count). The molecule has 29 heavy (non-hydrogen) atoms. The lowest BCUT2D eigenvalue weighted by Crippen LogP contribution is -2.41. The molecule has 2 aromatic carbocycles. The molecule has 4 nitrogen and oxygen atoms in total. The summed E-state index contributed by atoms with van der Waals surface area (Å²) in [4.78, 5) is 16.4. The summed E-state index contributed by atoms with van der Waals surface area (Å²) < 4.78 is 6.05. The van der Waals surface area contributed by atoms with E-state index in [1.54, 1.807) is 11.3 Å². The zero-order valence-electron chi connectivity index (χ0n) is 16.5. The molecule has 1 fully saturated rings. The van der Waals surface area contributed by atoms with Gasteiger partial charge in [0.2, 0.25) is 0 Å². The number of thiophene rings is 1. The van der Waals surface area contributed by atoms with Crippen LogP contribution in [0.15, 0.2) is 66.7 Å². The van der Waals surface area contributed by atoms with Crippen molar-refractivity contribution in [1.29, 1.82) is 0 Å². The molecule has 0 aliphatic carbocycles. The third-order valence-corrected chi connectivity index (χ3v) is 6.40. The molecular formula is C24H25NO3S. The number of para-hydroxylation sites is 1. The first kappa shape index (κ1) is 19.7. The fourth-order valence-electron chi connectivity index (χ4n) is 3.97. The first-order chi connectivity index (χ1) is 14.1. The Balaban J connectivity index is 1.66. The average Bonchev–Trinajstić information content (AvgIpc) is 3.15. The number of carbonyl (C=O) groups is 1. The second kappa shape index (κ2) is 8.80. The van der Waals surface area contributed by atoms with Crippen molar-refractivity contribution in [3.05, 3.63) is 82.0 Å². The largest absolute Gasteiger partial charge is 0.481 e. The van der Waals surface area contributed by atoms with Crippen molar-refractivity contribution in [3.63, 3.8) is 0 Å². The number of benzene rings is 2. The predicted molar refractivity (Wildman–Crippen MR) is 116 cm³/mol. The van der Waals surface area contributed by atoms with Crippen LogP contribution in [-0.4, -0.2) is 29.1 Å². The highest BCUT2D eigenvalue weighted by molar-refractivity contribution is 7.12. The van der Waals surface area contributed by atoms with Gasteiger partial charge in [0.1, 0.15) is 11.5 Å². The van der Waals surface area contributed by atoms with Gasteiger partial charge in [-0.15, -0.1) is 11.3 Å². The molecule has 3 aromatic rings. The van der Waals surface area contributed by atoms with Gasteiger partial charge in [0.05, 0.1) is 12.0 Å². The molecular weight excluding hydrogens is 382 g/mol. The summed E-state index contributed by atoms with van der Waals surface area (Å²) in [5.74, 6) is 0.587. The molecule has 2 heterocycles. The fraction of sp³-hybridized carbons (Fsp3) is 0.292. The monoisotopic (exact) mass is 407 g/mol. The van der Waals surface area contributed by atoms with Crippen molar-refractivity contribution in [1.82, 2.24) is 4.90 Å². The number of ether oxygens (including phenoxy) is 1. The van der Waals surface area contributed by atoms with Gasteiger partial charge in [-0.1, -0.05) is 30.3 Å². The maximum Gasteiger partial charge on any atom is 0.307 e. The number of carboxylic acid groups (broad SMARTS) is 1. The van der Waals surface area contributed by atoms with E-state index < -0.39 is 5.97 Å². The zero-order valence-corrected chi connectivity index (χ0v) is 17.3. The topological polar surface area (TPSA) is 49.8 Å². The first-order valence-electron chi connectivity index (χ1n) is 9.96. The Kier molecular flexibility index (Phi) is 5.97. The maximum absolute atomic E-state index is 11.6. The van der Waals surface area contributed by atoms with Crippen LogP contribution >= 0.6 is 11.3 Å². The normalized spacial score (nSPS) is 18.3. The molecule has 0 radical (unpaired) electrons. The summed E-state index contributed by atoms with van der Waals surface area (Å²) in [6.07, 6.45) is 1.65. The lowest BCUT2D eigenvalue weighted by atomic mass is 9.94. The molecule has 5 heteroatoms. The summed E-state index contributed by atoms with van der Waals surface area (Å²) in [5.41, 5.74) is 1.13. The summed E-state index contributed by atoms with van der Waals surface area (Å²) in [6, 6.07) is 22.3. The Hall–Kier alpha value is -2.63. The van der Waals surface area contributed by atoms with Gasteiger partial charge < -0.3 is 9.84 Å². The van der Waals surface area contributed by atoms with Crippen LogP contribution in [0, 0.1) is 12.8 Å². The van der Waals surface area contributed by atoms with Crippen LogP contribution in [-0.2, 0) is 4.79 Å². The van der Waals surface area contributed by atoms with E-state index in [-0.39, 0.29) is 12.0 Å². The third kappa shape index (κ3) is 4.69. The smallest absolute Gasteiger partial charge is 0.307 e. The standard InChI is InChI=1S/C24H25NO3S/c1-17-12-13-22(29-17)23(25-14-6-8-19(16-25)24(26)27)18-7-5-11-21(15-18)28-20-9-3-2-4-10-20/h2-5,7,9-13,15,19,23H,6,8,14,16H2,1H3,(H,26,27). The van der Waals surface area contributed by atoms with Crippen molar-refractivity contribution in [2.75, 3.05) is 13.1 Å². The molecule has 2 atom stereocenters. The van der Waals surface area contributed by atoms with E-state index in [0.29, 0.717) is 6.54 Å². The Bertz CT molecular complexity index is 969. The van der Waals surface area contributed by atoms with E-state index in [0.717, 1.165) is 36.4 Å². The van der Waals surface area contributed by atoms with Crippen LogP contribution in [0.3, 0.4) is 0 Å². The Morgan fingerprint density at radius 1 is 1.10 bits per heavy atom. The van der Waals surface area contributed by atoms with Gasteiger partial charge in [0, 0.05) is 16.3 Å². The summed E-state index contributed by atoms with van der Waals surface area (Å²) in [5, 5.41) is 9.55. The van der Waals surface area contributed by atoms with Gasteiger partial charge in [0.15, 0.2) is 0 Å². The SMILES string of the molecule is Cc1ccc(C(c2cccc(Oc3ccccc3)c2)N2CCCC(C(=O)O)C2)s1. The van der Waals surface area contributed by atoms with Crippen LogP contribution in [0.4, 0.5) is 0 Å². The van der Waals surface area contributed by atoms with Crippen molar-refractivity contribution < 1.29 is 14.6 Å².